The third kappa shape index (κ3) is 5.40. The number of fused-ring (bicyclic) bond motifs is 1. The van der Waals surface area contributed by atoms with Crippen LogP contribution in [0.4, 0.5) is 10.1 Å². The van der Waals surface area contributed by atoms with Crippen molar-refractivity contribution in [2.75, 3.05) is 11.4 Å². The van der Waals surface area contributed by atoms with Crippen LogP contribution >= 0.6 is 23.4 Å². The molecule has 2 atom stereocenters. The predicted molar refractivity (Wildman–Crippen MR) is 131 cm³/mol. The average molecular weight is 483 g/mol. The van der Waals surface area contributed by atoms with Crippen molar-refractivity contribution in [2.24, 2.45) is 5.92 Å². The van der Waals surface area contributed by atoms with Gasteiger partial charge in [-0.3, -0.25) is 9.59 Å². The summed E-state index contributed by atoms with van der Waals surface area (Å²) in [7, 11) is 0. The molecule has 0 aromatic heterocycles. The number of anilines is 1. The summed E-state index contributed by atoms with van der Waals surface area (Å²) in [5.41, 5.74) is 2.55. The lowest BCUT2D eigenvalue weighted by molar-refractivity contribution is -0.128. The van der Waals surface area contributed by atoms with Crippen LogP contribution in [0.1, 0.15) is 18.1 Å². The molecule has 2 amide bonds. The van der Waals surface area contributed by atoms with Gasteiger partial charge in [0.1, 0.15) is 11.1 Å². The summed E-state index contributed by atoms with van der Waals surface area (Å²) in [5, 5.41) is 2.66. The maximum Gasteiger partial charge on any atom is 0.241 e. The number of hydrogen-bond acceptors (Lipinski definition) is 3. The normalized spacial score (nSPS) is 16.3. The molecule has 33 heavy (non-hydrogen) atoms. The number of thioether (sulfide) groups is 1. The number of amides is 2. The summed E-state index contributed by atoms with van der Waals surface area (Å²) in [6, 6.07) is 21.7. The smallest absolute Gasteiger partial charge is 0.241 e. The second-order valence-corrected chi connectivity index (χ2v) is 9.57. The van der Waals surface area contributed by atoms with Crippen LogP contribution in [0.25, 0.3) is 0 Å². The maximum absolute atomic E-state index is 13.5. The Hall–Kier alpha value is -2.83. The fourth-order valence-electron chi connectivity index (χ4n) is 3.81. The monoisotopic (exact) mass is 482 g/mol. The summed E-state index contributed by atoms with van der Waals surface area (Å²) in [5.74, 6) is -1.28. The molecule has 0 bridgehead atoms. The largest absolute Gasteiger partial charge is 0.355 e. The number of hydrogen-bond donors (Lipinski definition) is 1. The highest BCUT2D eigenvalue weighted by Crippen LogP contribution is 2.42. The van der Waals surface area contributed by atoms with Crippen LogP contribution in [-0.4, -0.2) is 23.6 Å². The van der Waals surface area contributed by atoms with E-state index in [4.69, 9.17) is 11.6 Å². The van der Waals surface area contributed by atoms with Gasteiger partial charge in [-0.05, 0) is 41.8 Å². The number of nitrogens with one attached hydrogen (secondary N) is 1. The van der Waals surface area contributed by atoms with Crippen molar-refractivity contribution in [2.45, 2.75) is 30.0 Å². The van der Waals surface area contributed by atoms with Crippen LogP contribution < -0.4 is 10.2 Å². The molecule has 0 saturated carbocycles. The molecule has 4 rings (SSSR count). The Morgan fingerprint density at radius 3 is 2.61 bits per heavy atom. The average Bonchev–Trinajstić information content (AvgIpc) is 2.82. The van der Waals surface area contributed by atoms with E-state index in [9.17, 15) is 14.0 Å². The van der Waals surface area contributed by atoms with Crippen molar-refractivity contribution in [3.05, 3.63) is 94.8 Å². The summed E-state index contributed by atoms with van der Waals surface area (Å²) in [4.78, 5) is 29.0. The molecule has 1 N–H and O–H groups in total. The Kier molecular flexibility index (Phi) is 7.36. The number of rotatable bonds is 7. The zero-order valence-electron chi connectivity index (χ0n) is 18.1. The highest BCUT2D eigenvalue weighted by Gasteiger charge is 2.39. The molecular weight excluding hydrogens is 459 g/mol. The fourth-order valence-corrected chi connectivity index (χ4v) is 5.32. The van der Waals surface area contributed by atoms with E-state index in [2.05, 4.69) is 5.32 Å². The summed E-state index contributed by atoms with van der Waals surface area (Å²) >= 11 is 7.64. The van der Waals surface area contributed by atoms with Crippen LogP contribution in [0.2, 0.25) is 5.02 Å². The number of carbonyl (C=O) groups is 2. The number of benzene rings is 3. The molecule has 1 aliphatic rings. The van der Waals surface area contributed by atoms with Gasteiger partial charge in [0, 0.05) is 16.5 Å². The summed E-state index contributed by atoms with van der Waals surface area (Å²) < 4.78 is 13.5. The molecule has 0 fully saturated rings. The first-order valence-corrected chi connectivity index (χ1v) is 12.0. The highest BCUT2D eigenvalue weighted by atomic mass is 35.5. The van der Waals surface area contributed by atoms with E-state index in [1.54, 1.807) is 17.9 Å². The zero-order valence-corrected chi connectivity index (χ0v) is 19.7. The van der Waals surface area contributed by atoms with Gasteiger partial charge in [-0.25, -0.2) is 4.39 Å². The molecule has 0 aliphatic carbocycles. The Labute approximate surface area is 202 Å². The SMILES string of the molecule is C[C@H](C(=O)NCCc1ccccc1)[C@H]1Sc2ccccc2N(Cc2ccc(F)cc2Cl)C1=O. The van der Waals surface area contributed by atoms with E-state index < -0.39 is 17.0 Å². The summed E-state index contributed by atoms with van der Waals surface area (Å²) in [6.07, 6.45) is 0.725. The predicted octanol–water partition coefficient (Wildman–Crippen LogP) is 5.48. The minimum atomic E-state index is -0.573. The van der Waals surface area contributed by atoms with E-state index in [1.165, 1.54) is 23.9 Å². The quantitative estimate of drug-likeness (QED) is 0.485. The van der Waals surface area contributed by atoms with Crippen LogP contribution in [0.3, 0.4) is 0 Å². The minimum Gasteiger partial charge on any atom is -0.355 e. The Morgan fingerprint density at radius 1 is 1.12 bits per heavy atom. The molecule has 7 heteroatoms. The van der Waals surface area contributed by atoms with E-state index in [0.717, 1.165) is 22.6 Å². The van der Waals surface area contributed by atoms with Crippen LogP contribution in [0, 0.1) is 11.7 Å². The van der Waals surface area contributed by atoms with Gasteiger partial charge in [0.05, 0.1) is 18.2 Å². The van der Waals surface area contributed by atoms with Gasteiger partial charge in [0.15, 0.2) is 0 Å². The lowest BCUT2D eigenvalue weighted by Gasteiger charge is -2.36. The third-order valence-corrected chi connectivity index (χ3v) is 7.50. The highest BCUT2D eigenvalue weighted by molar-refractivity contribution is 8.01. The topological polar surface area (TPSA) is 49.4 Å². The fraction of sp³-hybridized carbons (Fsp3) is 0.231. The van der Waals surface area contributed by atoms with Crippen molar-refractivity contribution in [1.29, 1.82) is 0 Å². The summed E-state index contributed by atoms with van der Waals surface area (Å²) in [6.45, 7) is 2.49. The number of carbonyl (C=O) groups excluding carboxylic acids is 2. The van der Waals surface area contributed by atoms with E-state index in [-0.39, 0.29) is 23.4 Å². The van der Waals surface area contributed by atoms with Crippen molar-refractivity contribution in [3.63, 3.8) is 0 Å². The van der Waals surface area contributed by atoms with Gasteiger partial charge in [0.2, 0.25) is 11.8 Å². The van der Waals surface area contributed by atoms with Gasteiger partial charge in [-0.15, -0.1) is 11.8 Å². The molecule has 0 saturated heterocycles. The molecule has 0 radical (unpaired) electrons. The lowest BCUT2D eigenvalue weighted by Crippen LogP contribution is -2.47. The molecule has 1 aliphatic heterocycles. The van der Waals surface area contributed by atoms with Crippen molar-refractivity contribution < 1.29 is 14.0 Å². The zero-order chi connectivity index (χ0) is 23.4. The van der Waals surface area contributed by atoms with Gasteiger partial charge in [0.25, 0.3) is 0 Å². The molecule has 0 unspecified atom stereocenters. The minimum absolute atomic E-state index is 0.157. The first-order valence-electron chi connectivity index (χ1n) is 10.8. The van der Waals surface area contributed by atoms with Gasteiger partial charge >= 0.3 is 0 Å². The Morgan fingerprint density at radius 2 is 1.85 bits per heavy atom. The van der Waals surface area contributed by atoms with Gasteiger partial charge < -0.3 is 10.2 Å². The molecule has 3 aromatic rings. The number of para-hydroxylation sites is 1. The molecule has 0 spiro atoms. The number of nitrogens with zero attached hydrogens (tertiary/aromatic N) is 1. The third-order valence-electron chi connectivity index (χ3n) is 5.69. The first-order chi connectivity index (χ1) is 15.9. The van der Waals surface area contributed by atoms with Gasteiger partial charge in [-0.2, -0.15) is 0 Å². The van der Waals surface area contributed by atoms with Crippen LogP contribution in [-0.2, 0) is 22.6 Å². The van der Waals surface area contributed by atoms with Gasteiger partial charge in [-0.1, -0.05) is 67.1 Å². The number of halogens is 2. The standard InChI is InChI=1S/C26H24ClFN2O2S/c1-17(25(31)29-14-13-18-7-3-2-4-8-18)24-26(32)30(22-9-5-6-10-23(22)33-24)16-19-11-12-20(28)15-21(19)27/h2-12,15,17,24H,13-14,16H2,1H3,(H,29,31)/t17-,24+/m0/s1. The molecule has 4 nitrogen and oxygen atoms in total. The lowest BCUT2D eigenvalue weighted by atomic mass is 10.0. The van der Waals surface area contributed by atoms with E-state index in [1.807, 2.05) is 54.6 Å². The van der Waals surface area contributed by atoms with Crippen molar-refractivity contribution in [3.8, 4) is 0 Å². The maximum atomic E-state index is 13.5. The van der Waals surface area contributed by atoms with Crippen LogP contribution in [0.5, 0.6) is 0 Å². The molecule has 3 aromatic carbocycles. The first kappa shape index (κ1) is 23.3. The van der Waals surface area contributed by atoms with Crippen molar-refractivity contribution >= 4 is 40.9 Å². The molecule has 170 valence electrons. The van der Waals surface area contributed by atoms with Crippen molar-refractivity contribution in [1.82, 2.24) is 5.32 Å². The van der Waals surface area contributed by atoms with E-state index >= 15 is 0 Å². The molecule has 1 heterocycles. The second kappa shape index (κ2) is 10.4. The van der Waals surface area contributed by atoms with E-state index in [0.29, 0.717) is 12.1 Å². The second-order valence-electron chi connectivity index (χ2n) is 7.98. The molecular formula is C26H24ClFN2O2S. The Bertz CT molecular complexity index is 1160. The Balaban J connectivity index is 1.50. The van der Waals surface area contributed by atoms with Crippen LogP contribution in [0.15, 0.2) is 77.7 Å².